The van der Waals surface area contributed by atoms with Crippen molar-refractivity contribution in [3.8, 4) is 11.5 Å². The van der Waals surface area contributed by atoms with Gasteiger partial charge < -0.3 is 19.5 Å². The zero-order chi connectivity index (χ0) is 18.9. The number of benzene rings is 2. The number of carbonyl (C=O) groups excluding carboxylic acids is 2. The Labute approximate surface area is 146 Å². The molecule has 0 bridgehead atoms. The van der Waals surface area contributed by atoms with Gasteiger partial charge in [0.25, 0.3) is 5.91 Å². The minimum Gasteiger partial charge on any atom is -0.479 e. The van der Waals surface area contributed by atoms with Gasteiger partial charge in [0.2, 0.25) is 0 Å². The largest absolute Gasteiger partial charge is 0.479 e. The van der Waals surface area contributed by atoms with E-state index in [4.69, 9.17) is 4.74 Å². The van der Waals surface area contributed by atoms with E-state index in [9.17, 15) is 22.8 Å². The fraction of sp³-hybridized carbons (Fsp3) is 0.176. The van der Waals surface area contributed by atoms with Crippen molar-refractivity contribution < 1.29 is 37.0 Å². The lowest BCUT2D eigenvalue weighted by atomic mass is 10.3. The summed E-state index contributed by atoms with van der Waals surface area (Å²) >= 11 is 0. The number of anilines is 1. The standard InChI is InChI=1S/C17H14F3NO5/c18-11-5-1-3-7-13(11)24-10-16(23)25-9-15(22)21-12-6-2-4-8-14(12)26-17(19)20/h1-8,17H,9-10H2,(H,21,22). The highest BCUT2D eigenvalue weighted by Crippen LogP contribution is 2.25. The maximum atomic E-state index is 13.3. The minimum atomic E-state index is -3.05. The molecule has 6 nitrogen and oxygen atoms in total. The molecule has 2 rings (SSSR count). The fourth-order valence-electron chi connectivity index (χ4n) is 1.84. The Bertz CT molecular complexity index is 770. The number of carbonyl (C=O) groups is 2. The summed E-state index contributed by atoms with van der Waals surface area (Å²) in [5.74, 6) is -2.68. The van der Waals surface area contributed by atoms with E-state index in [0.717, 1.165) is 6.07 Å². The third-order valence-corrected chi connectivity index (χ3v) is 2.92. The summed E-state index contributed by atoms with van der Waals surface area (Å²) in [7, 11) is 0. The van der Waals surface area contributed by atoms with E-state index in [2.05, 4.69) is 14.8 Å². The summed E-state index contributed by atoms with van der Waals surface area (Å²) in [6.45, 7) is -4.33. The van der Waals surface area contributed by atoms with Gasteiger partial charge in [-0.05, 0) is 24.3 Å². The molecule has 26 heavy (non-hydrogen) atoms. The van der Waals surface area contributed by atoms with Crippen LogP contribution in [-0.4, -0.2) is 31.7 Å². The van der Waals surface area contributed by atoms with Crippen LogP contribution in [-0.2, 0) is 14.3 Å². The molecule has 1 amide bonds. The van der Waals surface area contributed by atoms with Gasteiger partial charge in [-0.3, -0.25) is 4.79 Å². The van der Waals surface area contributed by atoms with Crippen molar-refractivity contribution in [1.29, 1.82) is 0 Å². The van der Waals surface area contributed by atoms with E-state index in [0.29, 0.717) is 0 Å². The molecule has 0 aliphatic rings. The van der Waals surface area contributed by atoms with Gasteiger partial charge in [0.1, 0.15) is 5.75 Å². The van der Waals surface area contributed by atoms with Gasteiger partial charge >= 0.3 is 12.6 Å². The van der Waals surface area contributed by atoms with Crippen molar-refractivity contribution in [2.45, 2.75) is 6.61 Å². The molecule has 0 atom stereocenters. The first-order valence-corrected chi connectivity index (χ1v) is 7.32. The summed E-state index contributed by atoms with van der Waals surface area (Å²) in [6, 6.07) is 11.0. The zero-order valence-electron chi connectivity index (χ0n) is 13.3. The third kappa shape index (κ3) is 6.00. The average molecular weight is 369 g/mol. The number of para-hydroxylation sites is 3. The highest BCUT2D eigenvalue weighted by Gasteiger charge is 2.14. The van der Waals surface area contributed by atoms with Gasteiger partial charge in [0.05, 0.1) is 5.69 Å². The molecule has 0 spiro atoms. The second kappa shape index (κ2) is 9.30. The predicted octanol–water partition coefficient (Wildman–Crippen LogP) is 2.99. The van der Waals surface area contributed by atoms with E-state index in [1.54, 1.807) is 0 Å². The lowest BCUT2D eigenvalue weighted by Crippen LogP contribution is -2.24. The molecule has 0 radical (unpaired) electrons. The van der Waals surface area contributed by atoms with E-state index in [1.807, 2.05) is 0 Å². The van der Waals surface area contributed by atoms with Gasteiger partial charge in [0.15, 0.2) is 24.8 Å². The quantitative estimate of drug-likeness (QED) is 0.724. The molecule has 0 unspecified atom stereocenters. The number of halogens is 3. The number of esters is 1. The lowest BCUT2D eigenvalue weighted by Gasteiger charge is -2.12. The maximum absolute atomic E-state index is 13.3. The molecule has 0 saturated carbocycles. The summed E-state index contributed by atoms with van der Waals surface area (Å²) in [4.78, 5) is 23.3. The number of ether oxygens (including phenoxy) is 3. The number of hydrogen-bond acceptors (Lipinski definition) is 5. The van der Waals surface area contributed by atoms with Crippen LogP contribution in [0.25, 0.3) is 0 Å². The predicted molar refractivity (Wildman–Crippen MR) is 84.6 cm³/mol. The molecule has 2 aromatic rings. The summed E-state index contributed by atoms with van der Waals surface area (Å²) in [5, 5.41) is 2.28. The highest BCUT2D eigenvalue weighted by molar-refractivity contribution is 5.94. The van der Waals surface area contributed by atoms with Gasteiger partial charge in [0, 0.05) is 0 Å². The van der Waals surface area contributed by atoms with Gasteiger partial charge in [-0.15, -0.1) is 0 Å². The molecule has 0 aromatic heterocycles. The molecule has 138 valence electrons. The second-order valence-corrected chi connectivity index (χ2v) is 4.80. The maximum Gasteiger partial charge on any atom is 0.387 e. The van der Waals surface area contributed by atoms with Crippen molar-refractivity contribution in [1.82, 2.24) is 0 Å². The molecule has 0 heterocycles. The summed E-state index contributed by atoms with van der Waals surface area (Å²) in [6.07, 6.45) is 0. The molecule has 0 saturated heterocycles. The second-order valence-electron chi connectivity index (χ2n) is 4.80. The van der Waals surface area contributed by atoms with Crippen LogP contribution < -0.4 is 14.8 Å². The van der Waals surface area contributed by atoms with E-state index >= 15 is 0 Å². The smallest absolute Gasteiger partial charge is 0.387 e. The fourth-order valence-corrected chi connectivity index (χ4v) is 1.84. The summed E-state index contributed by atoms with van der Waals surface area (Å²) in [5.41, 5.74) is -0.00328. The number of hydrogen-bond donors (Lipinski definition) is 1. The van der Waals surface area contributed by atoms with Crippen molar-refractivity contribution in [3.63, 3.8) is 0 Å². The Hall–Kier alpha value is -3.23. The first-order chi connectivity index (χ1) is 12.5. The first kappa shape index (κ1) is 19.1. The topological polar surface area (TPSA) is 73.9 Å². The Balaban J connectivity index is 1.80. The number of amides is 1. The van der Waals surface area contributed by atoms with Crippen LogP contribution in [0.4, 0.5) is 18.9 Å². The van der Waals surface area contributed by atoms with E-state index in [1.165, 1.54) is 42.5 Å². The van der Waals surface area contributed by atoms with Gasteiger partial charge in [-0.2, -0.15) is 8.78 Å². The lowest BCUT2D eigenvalue weighted by molar-refractivity contribution is -0.149. The van der Waals surface area contributed by atoms with Crippen LogP contribution in [0.3, 0.4) is 0 Å². The molecular formula is C17H14F3NO5. The van der Waals surface area contributed by atoms with Crippen molar-refractivity contribution in [2.75, 3.05) is 18.5 Å². The molecule has 2 aromatic carbocycles. The Morgan fingerprint density at radius 2 is 1.62 bits per heavy atom. The summed E-state index contributed by atoms with van der Waals surface area (Å²) < 4.78 is 51.8. The van der Waals surface area contributed by atoms with Crippen LogP contribution >= 0.6 is 0 Å². The van der Waals surface area contributed by atoms with Gasteiger partial charge in [-0.25, -0.2) is 9.18 Å². The van der Waals surface area contributed by atoms with E-state index < -0.39 is 37.5 Å². The molecule has 0 aliphatic carbocycles. The SMILES string of the molecule is O=C(COC(=O)COc1ccccc1F)Nc1ccccc1OC(F)F. The molecule has 1 N–H and O–H groups in total. The first-order valence-electron chi connectivity index (χ1n) is 7.32. The third-order valence-electron chi connectivity index (χ3n) is 2.92. The van der Waals surface area contributed by atoms with Crippen LogP contribution in [0.15, 0.2) is 48.5 Å². The van der Waals surface area contributed by atoms with Crippen LogP contribution in [0, 0.1) is 5.82 Å². The number of alkyl halides is 2. The molecule has 9 heteroatoms. The van der Waals surface area contributed by atoms with Crippen LogP contribution in [0.2, 0.25) is 0 Å². The Morgan fingerprint density at radius 1 is 0.962 bits per heavy atom. The van der Waals surface area contributed by atoms with Gasteiger partial charge in [-0.1, -0.05) is 24.3 Å². The normalized spacial score (nSPS) is 10.3. The van der Waals surface area contributed by atoms with Crippen LogP contribution in [0.5, 0.6) is 11.5 Å². The van der Waals surface area contributed by atoms with Crippen molar-refractivity contribution in [2.24, 2.45) is 0 Å². The molecule has 0 fully saturated rings. The Kier molecular flexibility index (Phi) is 6.84. The minimum absolute atomic E-state index is 0.00328. The zero-order valence-corrected chi connectivity index (χ0v) is 13.3. The number of nitrogens with one attached hydrogen (secondary N) is 1. The van der Waals surface area contributed by atoms with Crippen molar-refractivity contribution >= 4 is 17.6 Å². The van der Waals surface area contributed by atoms with Crippen LogP contribution in [0.1, 0.15) is 0 Å². The monoisotopic (exact) mass is 369 g/mol. The Morgan fingerprint density at radius 3 is 2.31 bits per heavy atom. The van der Waals surface area contributed by atoms with E-state index in [-0.39, 0.29) is 17.2 Å². The highest BCUT2D eigenvalue weighted by atomic mass is 19.3. The number of rotatable bonds is 8. The van der Waals surface area contributed by atoms with Crippen molar-refractivity contribution in [3.05, 3.63) is 54.3 Å². The average Bonchev–Trinajstić information content (AvgIpc) is 2.60. The molecular weight excluding hydrogens is 355 g/mol. The molecule has 0 aliphatic heterocycles.